The van der Waals surface area contributed by atoms with Crippen LogP contribution in [0.2, 0.25) is 0 Å². The van der Waals surface area contributed by atoms with E-state index in [4.69, 9.17) is 9.47 Å². The van der Waals surface area contributed by atoms with Crippen molar-refractivity contribution in [2.24, 2.45) is 0 Å². The van der Waals surface area contributed by atoms with Crippen molar-refractivity contribution in [3.63, 3.8) is 0 Å². The first-order valence-corrected chi connectivity index (χ1v) is 5.64. The van der Waals surface area contributed by atoms with Gasteiger partial charge in [-0.05, 0) is 12.6 Å². The van der Waals surface area contributed by atoms with Crippen LogP contribution in [-0.4, -0.2) is 45.4 Å². The molecule has 1 aliphatic rings. The van der Waals surface area contributed by atoms with Gasteiger partial charge in [-0.2, -0.15) is 0 Å². The van der Waals surface area contributed by atoms with Gasteiger partial charge in [0.1, 0.15) is 5.60 Å². The lowest BCUT2D eigenvalue weighted by atomic mass is 9.94. The Hall–Kier alpha value is -0.900. The fourth-order valence-corrected chi connectivity index (χ4v) is 2.18. The smallest absolute Gasteiger partial charge is 0.128 e. The molecule has 16 heavy (non-hydrogen) atoms. The fraction of sp³-hybridized carbons (Fsp3) is 0.538. The molecule has 0 N–H and O–H groups in total. The van der Waals surface area contributed by atoms with E-state index < -0.39 is 0 Å². The van der Waals surface area contributed by atoms with Crippen molar-refractivity contribution in [3.05, 3.63) is 35.9 Å². The Kier molecular flexibility index (Phi) is 3.59. The molecule has 1 saturated heterocycles. The largest absolute Gasteiger partial charge is 0.377 e. The Bertz CT molecular complexity index is 328. The van der Waals surface area contributed by atoms with Crippen molar-refractivity contribution in [1.29, 1.82) is 0 Å². The molecule has 3 nitrogen and oxygen atoms in total. The molecular formula is C13H19NO2. The summed E-state index contributed by atoms with van der Waals surface area (Å²) in [6.45, 7) is 3.22. The molecule has 0 aliphatic carbocycles. The standard InChI is InChI=1S/C13H19NO2/c1-14-8-9-16-11-13(10-14,15-2)12-6-4-3-5-7-12/h3-7H,8-11H2,1-2H3. The van der Waals surface area contributed by atoms with E-state index in [-0.39, 0.29) is 5.60 Å². The first-order valence-electron chi connectivity index (χ1n) is 5.64. The molecule has 1 aliphatic heterocycles. The van der Waals surface area contributed by atoms with Crippen molar-refractivity contribution < 1.29 is 9.47 Å². The highest BCUT2D eigenvalue weighted by atomic mass is 16.5. The van der Waals surface area contributed by atoms with Crippen LogP contribution in [0, 0.1) is 0 Å². The third kappa shape index (κ3) is 2.26. The summed E-state index contributed by atoms with van der Waals surface area (Å²) in [5.74, 6) is 0. The zero-order chi connectivity index (χ0) is 11.4. The normalized spacial score (nSPS) is 27.6. The molecule has 1 fully saturated rings. The minimum atomic E-state index is -0.327. The average Bonchev–Trinajstić information content (AvgIpc) is 2.53. The highest BCUT2D eigenvalue weighted by molar-refractivity contribution is 5.23. The number of hydrogen-bond donors (Lipinski definition) is 0. The predicted molar refractivity (Wildman–Crippen MR) is 63.4 cm³/mol. The Morgan fingerprint density at radius 3 is 2.75 bits per heavy atom. The lowest BCUT2D eigenvalue weighted by Gasteiger charge is -2.33. The Balaban J connectivity index is 2.30. The van der Waals surface area contributed by atoms with Gasteiger partial charge in [-0.1, -0.05) is 30.3 Å². The maximum atomic E-state index is 5.75. The topological polar surface area (TPSA) is 21.7 Å². The summed E-state index contributed by atoms with van der Waals surface area (Å²) in [4.78, 5) is 2.25. The number of rotatable bonds is 2. The fourth-order valence-electron chi connectivity index (χ4n) is 2.18. The van der Waals surface area contributed by atoms with Crippen LogP contribution in [0.15, 0.2) is 30.3 Å². The minimum Gasteiger partial charge on any atom is -0.377 e. The van der Waals surface area contributed by atoms with Crippen LogP contribution < -0.4 is 0 Å². The van der Waals surface area contributed by atoms with Gasteiger partial charge in [-0.25, -0.2) is 0 Å². The van der Waals surface area contributed by atoms with Crippen LogP contribution in [-0.2, 0) is 15.1 Å². The molecule has 3 heteroatoms. The molecule has 1 atom stereocenters. The second-order valence-corrected chi connectivity index (χ2v) is 4.35. The first-order chi connectivity index (χ1) is 7.77. The lowest BCUT2D eigenvalue weighted by molar-refractivity contribution is -0.0721. The molecule has 0 radical (unpaired) electrons. The first kappa shape index (κ1) is 11.6. The highest BCUT2D eigenvalue weighted by Crippen LogP contribution is 2.27. The Morgan fingerprint density at radius 1 is 1.31 bits per heavy atom. The van der Waals surface area contributed by atoms with Gasteiger partial charge in [0.05, 0.1) is 13.2 Å². The molecule has 0 spiro atoms. The number of nitrogens with zero attached hydrogens (tertiary/aromatic N) is 1. The number of hydrogen-bond acceptors (Lipinski definition) is 3. The molecule has 1 heterocycles. The van der Waals surface area contributed by atoms with Crippen molar-refractivity contribution >= 4 is 0 Å². The monoisotopic (exact) mass is 221 g/mol. The molecule has 1 aromatic carbocycles. The number of benzene rings is 1. The minimum absolute atomic E-state index is 0.327. The quantitative estimate of drug-likeness (QED) is 0.755. The van der Waals surface area contributed by atoms with E-state index >= 15 is 0 Å². The lowest BCUT2D eigenvalue weighted by Crippen LogP contribution is -2.42. The maximum Gasteiger partial charge on any atom is 0.128 e. The summed E-state index contributed by atoms with van der Waals surface area (Å²) in [6.07, 6.45) is 0. The van der Waals surface area contributed by atoms with Crippen molar-refractivity contribution in [2.75, 3.05) is 40.5 Å². The van der Waals surface area contributed by atoms with Gasteiger partial charge in [-0.15, -0.1) is 0 Å². The Labute approximate surface area is 97.0 Å². The van der Waals surface area contributed by atoms with Crippen molar-refractivity contribution in [2.45, 2.75) is 5.60 Å². The average molecular weight is 221 g/mol. The van der Waals surface area contributed by atoms with Crippen molar-refractivity contribution in [1.82, 2.24) is 4.90 Å². The summed E-state index contributed by atoms with van der Waals surface area (Å²) in [5.41, 5.74) is 0.859. The van der Waals surface area contributed by atoms with E-state index in [9.17, 15) is 0 Å². The SMILES string of the molecule is COC1(c2ccccc2)COCCN(C)C1. The van der Waals surface area contributed by atoms with Crippen molar-refractivity contribution in [3.8, 4) is 0 Å². The number of ether oxygens (including phenoxy) is 2. The molecule has 0 saturated carbocycles. The van der Waals surface area contributed by atoms with Gasteiger partial charge in [0.15, 0.2) is 0 Å². The van der Waals surface area contributed by atoms with Gasteiger partial charge in [-0.3, -0.25) is 0 Å². The molecule has 0 amide bonds. The van der Waals surface area contributed by atoms with Crippen LogP contribution in [0.1, 0.15) is 5.56 Å². The third-order valence-corrected chi connectivity index (χ3v) is 3.17. The van der Waals surface area contributed by atoms with Gasteiger partial charge in [0.2, 0.25) is 0 Å². The van der Waals surface area contributed by atoms with E-state index in [1.165, 1.54) is 5.56 Å². The highest BCUT2D eigenvalue weighted by Gasteiger charge is 2.35. The van der Waals surface area contributed by atoms with E-state index in [0.717, 1.165) is 19.7 Å². The van der Waals surface area contributed by atoms with Gasteiger partial charge in [0.25, 0.3) is 0 Å². The van der Waals surface area contributed by atoms with Crippen LogP contribution in [0.4, 0.5) is 0 Å². The zero-order valence-electron chi connectivity index (χ0n) is 9.98. The van der Waals surface area contributed by atoms with Gasteiger partial charge < -0.3 is 14.4 Å². The Morgan fingerprint density at radius 2 is 2.06 bits per heavy atom. The van der Waals surface area contributed by atoms with Crippen LogP contribution >= 0.6 is 0 Å². The van der Waals surface area contributed by atoms with Crippen LogP contribution in [0.5, 0.6) is 0 Å². The number of methoxy groups -OCH3 is 1. The molecule has 1 aromatic rings. The van der Waals surface area contributed by atoms with Gasteiger partial charge >= 0.3 is 0 Å². The third-order valence-electron chi connectivity index (χ3n) is 3.17. The summed E-state index contributed by atoms with van der Waals surface area (Å²) in [6, 6.07) is 10.3. The summed E-state index contributed by atoms with van der Waals surface area (Å²) in [7, 11) is 3.86. The summed E-state index contributed by atoms with van der Waals surface area (Å²) < 4.78 is 11.4. The summed E-state index contributed by atoms with van der Waals surface area (Å²) >= 11 is 0. The second kappa shape index (κ2) is 4.95. The van der Waals surface area contributed by atoms with E-state index in [1.54, 1.807) is 7.11 Å². The molecule has 0 bridgehead atoms. The maximum absolute atomic E-state index is 5.75. The predicted octanol–water partition coefficient (Wildman–Crippen LogP) is 1.49. The molecule has 2 rings (SSSR count). The number of likely N-dealkylation sites (N-methyl/N-ethyl adjacent to an activating group) is 1. The van der Waals surface area contributed by atoms with E-state index in [2.05, 4.69) is 24.1 Å². The van der Waals surface area contributed by atoms with Gasteiger partial charge in [0, 0.05) is 20.2 Å². The molecular weight excluding hydrogens is 202 g/mol. The molecule has 88 valence electrons. The molecule has 1 unspecified atom stereocenters. The summed E-state index contributed by atoms with van der Waals surface area (Å²) in [5, 5.41) is 0. The second-order valence-electron chi connectivity index (χ2n) is 4.35. The zero-order valence-corrected chi connectivity index (χ0v) is 9.98. The molecule has 0 aromatic heterocycles. The van der Waals surface area contributed by atoms with Crippen LogP contribution in [0.3, 0.4) is 0 Å². The van der Waals surface area contributed by atoms with E-state index in [0.29, 0.717) is 6.61 Å². The van der Waals surface area contributed by atoms with Crippen LogP contribution in [0.25, 0.3) is 0 Å². The van der Waals surface area contributed by atoms with E-state index in [1.807, 2.05) is 18.2 Å².